The molecule has 0 heterocycles. The molecule has 286 valence electrons. The van der Waals surface area contributed by atoms with E-state index in [0.717, 1.165) is 16.8 Å². The minimum atomic E-state index is -2.35. The number of allylic oxidation sites excluding steroid dienone is 1. The van der Waals surface area contributed by atoms with Gasteiger partial charge in [-0.05, 0) is 97.4 Å². The lowest BCUT2D eigenvalue weighted by Gasteiger charge is -2.35. The number of benzene rings is 9. The SMILES string of the molecule is C=NC(=NC1=C(Cc2ccccc2)C(c2ccccc2)(c2ccccc2)c2ccccc21)c1ccc(P(=C)(c2ccc3ccccc3c2)c2ccc3ccccc3c2)cc1. The van der Waals surface area contributed by atoms with Gasteiger partial charge in [0.2, 0.25) is 0 Å². The fourth-order valence-corrected chi connectivity index (χ4v) is 12.2. The van der Waals surface area contributed by atoms with Crippen LogP contribution in [-0.2, 0) is 11.8 Å². The first-order chi connectivity index (χ1) is 29.6. The van der Waals surface area contributed by atoms with Crippen molar-refractivity contribution in [1.82, 2.24) is 0 Å². The average Bonchev–Trinajstić information content (AvgIpc) is 3.59. The quantitative estimate of drug-likeness (QED) is 0.0791. The van der Waals surface area contributed by atoms with Gasteiger partial charge in [-0.3, -0.25) is 0 Å². The predicted octanol–water partition coefficient (Wildman–Crippen LogP) is 12.2. The molecule has 60 heavy (non-hydrogen) atoms. The molecule has 2 nitrogen and oxygen atoms in total. The Morgan fingerprint density at radius 1 is 0.467 bits per heavy atom. The summed E-state index contributed by atoms with van der Waals surface area (Å²) in [5.41, 5.74) is 8.40. The molecule has 0 amide bonds. The first-order valence-electron chi connectivity index (χ1n) is 20.4. The standard InChI is InChI=1S/C57H43N2P/c1-58-56(44-32-34-49(35-33-44)60(2,50-36-30-42-20-12-14-22-45(42)39-50)51-37-31-43-21-13-15-23-46(43)40-51)59-55-52-28-16-17-29-53(52)57(47-24-8-4-9-25-47,48-26-10-5-11-27-48)54(55)38-41-18-6-3-7-19-41/h3-37,39-40H,1-2,38H2. The van der Waals surface area contributed by atoms with E-state index >= 15 is 0 Å². The van der Waals surface area contributed by atoms with Crippen LogP contribution in [0.1, 0.15) is 33.4 Å². The molecule has 0 radical (unpaired) electrons. The molecule has 1 aliphatic carbocycles. The summed E-state index contributed by atoms with van der Waals surface area (Å²) in [6, 6.07) is 80.9. The van der Waals surface area contributed by atoms with E-state index in [9.17, 15) is 0 Å². The topological polar surface area (TPSA) is 24.7 Å². The molecule has 0 aromatic heterocycles. The van der Waals surface area contributed by atoms with Crippen molar-refractivity contribution in [3.05, 3.63) is 263 Å². The Balaban J connectivity index is 1.16. The number of amidine groups is 1. The number of aliphatic imine (C=N–C) groups is 2. The Kier molecular flexibility index (Phi) is 9.64. The fraction of sp³-hybridized carbons (Fsp3) is 0.0351. The van der Waals surface area contributed by atoms with Crippen LogP contribution in [0.3, 0.4) is 0 Å². The second-order valence-corrected chi connectivity index (χ2v) is 18.7. The summed E-state index contributed by atoms with van der Waals surface area (Å²) in [5.74, 6) is 0.582. The number of fused-ring (bicyclic) bond motifs is 3. The highest BCUT2D eigenvalue weighted by atomic mass is 31.2. The van der Waals surface area contributed by atoms with Crippen LogP contribution in [0, 0.1) is 0 Å². The fourth-order valence-electron chi connectivity index (χ4n) is 9.30. The molecule has 0 saturated heterocycles. The van der Waals surface area contributed by atoms with Crippen LogP contribution < -0.4 is 15.9 Å². The van der Waals surface area contributed by atoms with Gasteiger partial charge in [-0.1, -0.05) is 219 Å². The van der Waals surface area contributed by atoms with Crippen molar-refractivity contribution >= 4 is 68.9 Å². The number of hydrogen-bond acceptors (Lipinski definition) is 1. The van der Waals surface area contributed by atoms with Crippen LogP contribution in [0.25, 0.3) is 27.2 Å². The number of rotatable bonds is 9. The average molecular weight is 787 g/mol. The molecule has 3 heteroatoms. The molecule has 10 rings (SSSR count). The van der Waals surface area contributed by atoms with Crippen molar-refractivity contribution < 1.29 is 0 Å². The lowest BCUT2D eigenvalue weighted by Crippen LogP contribution is -2.31. The van der Waals surface area contributed by atoms with E-state index in [2.05, 4.69) is 236 Å². The zero-order valence-electron chi connectivity index (χ0n) is 33.3. The number of hydrogen-bond donors (Lipinski definition) is 0. The lowest BCUT2D eigenvalue weighted by molar-refractivity contribution is 0.719. The van der Waals surface area contributed by atoms with Gasteiger partial charge in [-0.2, -0.15) is 0 Å². The van der Waals surface area contributed by atoms with Crippen molar-refractivity contribution in [3.63, 3.8) is 0 Å². The summed E-state index contributed by atoms with van der Waals surface area (Å²) in [7, 11) is 0. The van der Waals surface area contributed by atoms with Crippen LogP contribution in [0.2, 0.25) is 0 Å². The van der Waals surface area contributed by atoms with Crippen molar-refractivity contribution in [2.75, 3.05) is 0 Å². The first-order valence-corrected chi connectivity index (χ1v) is 22.4. The summed E-state index contributed by atoms with van der Waals surface area (Å²) in [5, 5.41) is 8.51. The molecule has 0 unspecified atom stereocenters. The van der Waals surface area contributed by atoms with Gasteiger partial charge in [0.25, 0.3) is 0 Å². The van der Waals surface area contributed by atoms with Crippen LogP contribution in [-0.4, -0.2) is 18.9 Å². The number of nitrogens with zero attached hydrogens (tertiary/aromatic N) is 2. The van der Waals surface area contributed by atoms with Gasteiger partial charge in [0.05, 0.1) is 11.1 Å². The maximum Gasteiger partial charge on any atom is 0.159 e. The molecular weight excluding hydrogens is 744 g/mol. The molecule has 1 aliphatic rings. The van der Waals surface area contributed by atoms with Gasteiger partial charge in [0, 0.05) is 11.1 Å². The third-order valence-electron chi connectivity index (χ3n) is 12.2. The highest BCUT2D eigenvalue weighted by Crippen LogP contribution is 2.56. The van der Waals surface area contributed by atoms with Gasteiger partial charge >= 0.3 is 0 Å². The maximum atomic E-state index is 5.57. The van der Waals surface area contributed by atoms with E-state index in [4.69, 9.17) is 11.3 Å². The molecule has 0 fully saturated rings. The second kappa shape index (κ2) is 15.6. The molecule has 0 saturated carbocycles. The minimum Gasteiger partial charge on any atom is -0.245 e. The van der Waals surface area contributed by atoms with E-state index in [-0.39, 0.29) is 0 Å². The van der Waals surface area contributed by atoms with Crippen LogP contribution >= 0.6 is 6.89 Å². The van der Waals surface area contributed by atoms with Crippen molar-refractivity contribution in [1.29, 1.82) is 0 Å². The molecule has 0 atom stereocenters. The Labute approximate surface area is 352 Å². The van der Waals surface area contributed by atoms with E-state index < -0.39 is 12.3 Å². The molecule has 9 aromatic rings. The molecule has 0 spiro atoms. The van der Waals surface area contributed by atoms with Gasteiger partial charge in [-0.25, -0.2) is 9.98 Å². The monoisotopic (exact) mass is 786 g/mol. The predicted molar refractivity (Wildman–Crippen MR) is 260 cm³/mol. The Bertz CT molecular complexity index is 3020. The zero-order chi connectivity index (χ0) is 40.5. The third kappa shape index (κ3) is 6.29. The highest BCUT2D eigenvalue weighted by molar-refractivity contribution is 7.93. The normalized spacial score (nSPS) is 13.7. The van der Waals surface area contributed by atoms with Gasteiger partial charge in [0.15, 0.2) is 5.84 Å². The summed E-state index contributed by atoms with van der Waals surface area (Å²) in [6.07, 6.45) is 5.86. The van der Waals surface area contributed by atoms with Crippen molar-refractivity contribution in [3.8, 4) is 0 Å². The van der Waals surface area contributed by atoms with Gasteiger partial charge < -0.3 is 0 Å². The maximum absolute atomic E-state index is 5.57. The Hall–Kier alpha value is -7.12. The largest absolute Gasteiger partial charge is 0.245 e. The lowest BCUT2D eigenvalue weighted by atomic mass is 9.66. The summed E-state index contributed by atoms with van der Waals surface area (Å²) in [6.45, 7) is 1.77. The summed E-state index contributed by atoms with van der Waals surface area (Å²) in [4.78, 5) is 10.2. The highest BCUT2D eigenvalue weighted by Gasteiger charge is 2.47. The van der Waals surface area contributed by atoms with E-state index in [1.807, 2.05) is 0 Å². The minimum absolute atomic E-state index is 0.582. The molecule has 0 aliphatic heterocycles. The molecule has 9 aromatic carbocycles. The molecule has 0 bridgehead atoms. The van der Waals surface area contributed by atoms with Crippen molar-refractivity contribution in [2.45, 2.75) is 11.8 Å². The Morgan fingerprint density at radius 3 is 1.48 bits per heavy atom. The van der Waals surface area contributed by atoms with Crippen LogP contribution in [0.15, 0.2) is 240 Å². The van der Waals surface area contributed by atoms with Crippen molar-refractivity contribution in [2.24, 2.45) is 9.98 Å². The first kappa shape index (κ1) is 37.2. The Morgan fingerprint density at radius 2 is 0.933 bits per heavy atom. The van der Waals surface area contributed by atoms with E-state index in [1.54, 1.807) is 0 Å². The van der Waals surface area contributed by atoms with Gasteiger partial charge in [-0.15, -0.1) is 0 Å². The zero-order valence-corrected chi connectivity index (χ0v) is 34.2. The smallest absolute Gasteiger partial charge is 0.159 e. The van der Waals surface area contributed by atoms with E-state index in [1.165, 1.54) is 65.3 Å². The molecular formula is C57H43N2P. The summed E-state index contributed by atoms with van der Waals surface area (Å²) < 4.78 is 0. The van der Waals surface area contributed by atoms with Crippen LogP contribution in [0.4, 0.5) is 0 Å². The third-order valence-corrected chi connectivity index (χ3v) is 15.7. The molecule has 0 N–H and O–H groups in total. The second-order valence-electron chi connectivity index (χ2n) is 15.5. The van der Waals surface area contributed by atoms with Gasteiger partial charge in [0.1, 0.15) is 0 Å². The summed E-state index contributed by atoms with van der Waals surface area (Å²) >= 11 is 0. The van der Waals surface area contributed by atoms with Crippen LogP contribution in [0.5, 0.6) is 0 Å². The van der Waals surface area contributed by atoms with E-state index in [0.29, 0.717) is 12.3 Å².